The summed E-state index contributed by atoms with van der Waals surface area (Å²) in [5, 5.41) is 27.8. The summed E-state index contributed by atoms with van der Waals surface area (Å²) in [5.41, 5.74) is 5.21. The van der Waals surface area contributed by atoms with Crippen molar-refractivity contribution in [3.8, 4) is 0 Å². The Morgan fingerprint density at radius 2 is 1.74 bits per heavy atom. The van der Waals surface area contributed by atoms with Gasteiger partial charge in [0.25, 0.3) is 0 Å². The lowest BCUT2D eigenvalue weighted by Gasteiger charge is -2.43. The highest BCUT2D eigenvalue weighted by molar-refractivity contribution is 6.40. The summed E-state index contributed by atoms with van der Waals surface area (Å²) in [5.74, 6) is -0.732. The molecule has 23 heavy (non-hydrogen) atoms. The maximum Gasteiger partial charge on any atom is 0.451 e. The third kappa shape index (κ3) is 3.43. The summed E-state index contributed by atoms with van der Waals surface area (Å²) in [4.78, 5) is 14.4. The fourth-order valence-electron chi connectivity index (χ4n) is 5.16. The minimum absolute atomic E-state index is 0.00324. The van der Waals surface area contributed by atoms with Crippen LogP contribution >= 0.6 is 0 Å². The van der Waals surface area contributed by atoms with Gasteiger partial charge in [-0.2, -0.15) is 0 Å². The van der Waals surface area contributed by atoms with E-state index in [0.717, 1.165) is 19.4 Å². The van der Waals surface area contributed by atoms with Gasteiger partial charge >= 0.3 is 13.1 Å². The minimum Gasteiger partial charge on any atom is -0.480 e. The first-order valence-electron chi connectivity index (χ1n) is 9.04. The molecule has 1 saturated carbocycles. The Hall–Kier alpha value is -0.625. The molecule has 0 amide bonds. The third-order valence-electron chi connectivity index (χ3n) is 6.55. The summed E-state index contributed by atoms with van der Waals surface area (Å²) < 4.78 is 0. The van der Waals surface area contributed by atoms with Crippen molar-refractivity contribution >= 4 is 13.1 Å². The molecule has 3 aliphatic rings. The van der Waals surface area contributed by atoms with E-state index in [-0.39, 0.29) is 11.8 Å². The monoisotopic (exact) mass is 324 g/mol. The predicted molar refractivity (Wildman–Crippen MR) is 87.8 cm³/mol. The molecular formula is C16H29BN2O4. The zero-order valence-electron chi connectivity index (χ0n) is 13.7. The predicted octanol–water partition coefficient (Wildman–Crippen LogP) is 0.674. The molecule has 130 valence electrons. The lowest BCUT2D eigenvalue weighted by atomic mass is 9.66. The fraction of sp³-hybridized carbons (Fsp3) is 0.938. The maximum atomic E-state index is 11.9. The Bertz CT molecular complexity index is 430. The van der Waals surface area contributed by atoms with Gasteiger partial charge in [0.15, 0.2) is 0 Å². The standard InChI is InChI=1S/C16H29BN2O4/c18-16(15(20)21)9-11(7-8-17(22)23)1-2-12(16)10-19-13-3-4-14(19)6-5-13/h11-14,22-23H,1-10,18H2,(H,20,21). The van der Waals surface area contributed by atoms with Gasteiger partial charge in [-0.1, -0.05) is 6.42 Å². The van der Waals surface area contributed by atoms with Crippen LogP contribution < -0.4 is 5.73 Å². The molecule has 2 bridgehead atoms. The summed E-state index contributed by atoms with van der Waals surface area (Å²) in [6.07, 6.45) is 8.13. The van der Waals surface area contributed by atoms with E-state index in [2.05, 4.69) is 4.90 Å². The molecule has 0 aromatic carbocycles. The van der Waals surface area contributed by atoms with Crippen LogP contribution in [0.25, 0.3) is 0 Å². The zero-order chi connectivity index (χ0) is 16.6. The average molecular weight is 324 g/mol. The molecule has 3 rings (SSSR count). The number of carbonyl (C=O) groups is 1. The van der Waals surface area contributed by atoms with Crippen LogP contribution in [0.3, 0.4) is 0 Å². The molecule has 3 atom stereocenters. The molecule has 7 heteroatoms. The topological polar surface area (TPSA) is 107 Å². The first kappa shape index (κ1) is 17.2. The van der Waals surface area contributed by atoms with E-state index in [0.29, 0.717) is 31.2 Å². The summed E-state index contributed by atoms with van der Waals surface area (Å²) >= 11 is 0. The second-order valence-corrected chi connectivity index (χ2v) is 7.91. The molecular weight excluding hydrogens is 295 g/mol. The van der Waals surface area contributed by atoms with Crippen LogP contribution in [0.2, 0.25) is 6.32 Å². The first-order chi connectivity index (χ1) is 10.9. The average Bonchev–Trinajstić information content (AvgIpc) is 3.07. The number of nitrogens with zero attached hydrogens (tertiary/aromatic N) is 1. The molecule has 3 fully saturated rings. The highest BCUT2D eigenvalue weighted by Crippen LogP contribution is 2.43. The van der Waals surface area contributed by atoms with Crippen LogP contribution in [0.4, 0.5) is 0 Å². The van der Waals surface area contributed by atoms with Crippen LogP contribution in [0.15, 0.2) is 0 Å². The normalized spacial score (nSPS) is 40.5. The largest absolute Gasteiger partial charge is 0.480 e. The van der Waals surface area contributed by atoms with E-state index >= 15 is 0 Å². The Kier molecular flexibility index (Phi) is 5.02. The van der Waals surface area contributed by atoms with Crippen LogP contribution in [-0.4, -0.2) is 57.3 Å². The lowest BCUT2D eigenvalue weighted by molar-refractivity contribution is -0.148. The Morgan fingerprint density at radius 1 is 1.13 bits per heavy atom. The van der Waals surface area contributed by atoms with Crippen molar-refractivity contribution in [1.82, 2.24) is 4.90 Å². The number of aliphatic carboxylic acids is 1. The fourth-order valence-corrected chi connectivity index (χ4v) is 5.16. The van der Waals surface area contributed by atoms with Gasteiger partial charge in [0.05, 0.1) is 0 Å². The number of nitrogens with two attached hydrogens (primary N) is 1. The molecule has 2 heterocycles. The second kappa shape index (κ2) is 6.71. The molecule has 0 aromatic heterocycles. The van der Waals surface area contributed by atoms with Crippen molar-refractivity contribution in [3.05, 3.63) is 0 Å². The number of carboxylic acids is 1. The molecule has 0 spiro atoms. The van der Waals surface area contributed by atoms with Gasteiger partial charge in [-0.05, 0) is 57.2 Å². The summed E-state index contributed by atoms with van der Waals surface area (Å²) in [7, 11) is -1.31. The molecule has 0 aromatic rings. The van der Waals surface area contributed by atoms with Crippen molar-refractivity contribution < 1.29 is 19.9 Å². The van der Waals surface area contributed by atoms with E-state index in [4.69, 9.17) is 15.8 Å². The van der Waals surface area contributed by atoms with Crippen molar-refractivity contribution in [1.29, 1.82) is 0 Å². The van der Waals surface area contributed by atoms with Crippen LogP contribution in [0.5, 0.6) is 0 Å². The van der Waals surface area contributed by atoms with Crippen molar-refractivity contribution in [2.24, 2.45) is 17.6 Å². The first-order valence-corrected chi connectivity index (χ1v) is 9.04. The third-order valence-corrected chi connectivity index (χ3v) is 6.55. The molecule has 3 unspecified atom stereocenters. The van der Waals surface area contributed by atoms with Gasteiger partial charge in [-0.3, -0.25) is 9.69 Å². The summed E-state index contributed by atoms with van der Waals surface area (Å²) in [6, 6.07) is 1.28. The van der Waals surface area contributed by atoms with Gasteiger partial charge in [0.2, 0.25) is 0 Å². The van der Waals surface area contributed by atoms with Crippen molar-refractivity contribution in [3.63, 3.8) is 0 Å². The molecule has 2 aliphatic heterocycles. The van der Waals surface area contributed by atoms with Gasteiger partial charge < -0.3 is 20.9 Å². The van der Waals surface area contributed by atoms with Gasteiger partial charge in [0.1, 0.15) is 5.54 Å². The number of carboxylic acid groups (broad SMARTS) is 1. The van der Waals surface area contributed by atoms with Crippen LogP contribution in [0.1, 0.15) is 51.4 Å². The van der Waals surface area contributed by atoms with Gasteiger partial charge in [0, 0.05) is 24.5 Å². The number of hydrogen-bond acceptors (Lipinski definition) is 5. The Balaban J connectivity index is 1.64. The number of rotatable bonds is 6. The van der Waals surface area contributed by atoms with E-state index in [1.807, 2.05) is 0 Å². The quantitative estimate of drug-likeness (QED) is 0.535. The molecule has 0 radical (unpaired) electrons. The molecule has 1 aliphatic carbocycles. The van der Waals surface area contributed by atoms with E-state index in [1.54, 1.807) is 0 Å². The maximum absolute atomic E-state index is 11.9. The molecule has 6 nitrogen and oxygen atoms in total. The Labute approximate surface area is 138 Å². The van der Waals surface area contributed by atoms with E-state index < -0.39 is 18.6 Å². The second-order valence-electron chi connectivity index (χ2n) is 7.91. The lowest BCUT2D eigenvalue weighted by Crippen LogP contribution is -2.60. The minimum atomic E-state index is -1.31. The smallest absolute Gasteiger partial charge is 0.451 e. The zero-order valence-corrected chi connectivity index (χ0v) is 13.7. The SMILES string of the molecule is NC1(C(=O)O)CC(CCB(O)O)CCC1CN1C2CCC1CC2. The van der Waals surface area contributed by atoms with E-state index in [1.165, 1.54) is 25.7 Å². The van der Waals surface area contributed by atoms with Crippen LogP contribution in [-0.2, 0) is 4.79 Å². The number of fused-ring (bicyclic) bond motifs is 2. The molecule has 5 N–H and O–H groups in total. The van der Waals surface area contributed by atoms with Gasteiger partial charge in [-0.15, -0.1) is 0 Å². The van der Waals surface area contributed by atoms with Crippen molar-refractivity contribution in [2.75, 3.05) is 6.54 Å². The van der Waals surface area contributed by atoms with Gasteiger partial charge in [-0.25, -0.2) is 0 Å². The number of hydrogen-bond donors (Lipinski definition) is 4. The highest BCUT2D eigenvalue weighted by Gasteiger charge is 2.49. The molecule has 2 saturated heterocycles. The van der Waals surface area contributed by atoms with Crippen LogP contribution in [0, 0.1) is 11.8 Å². The van der Waals surface area contributed by atoms with E-state index in [9.17, 15) is 9.90 Å². The summed E-state index contributed by atoms with van der Waals surface area (Å²) in [6.45, 7) is 0.813. The van der Waals surface area contributed by atoms with Crippen molar-refractivity contribution in [2.45, 2.75) is 75.3 Å². The Morgan fingerprint density at radius 3 is 2.26 bits per heavy atom. The highest BCUT2D eigenvalue weighted by atomic mass is 16.4.